The van der Waals surface area contributed by atoms with Crippen LogP contribution < -0.4 is 5.73 Å². The van der Waals surface area contributed by atoms with E-state index in [0.717, 1.165) is 17.5 Å². The Balaban J connectivity index is 2.48. The first kappa shape index (κ1) is 8.26. The summed E-state index contributed by atoms with van der Waals surface area (Å²) < 4.78 is 5.40. The lowest BCUT2D eigenvalue weighted by Crippen LogP contribution is -2.02. The molecule has 0 saturated heterocycles. The molecule has 0 amide bonds. The normalized spacial score (nSPS) is 10.9. The standard InChI is InChI=1S/C10H12N2O/c1-7-12-9-3-2-8(4-5-11)6-10(9)13-7/h2-3,6H,4-5,11H2,1H3. The van der Waals surface area contributed by atoms with Crippen molar-refractivity contribution in [3.63, 3.8) is 0 Å². The lowest BCUT2D eigenvalue weighted by Gasteiger charge is -1.95. The predicted octanol–water partition coefficient (Wildman–Crippen LogP) is 1.64. The van der Waals surface area contributed by atoms with Crippen molar-refractivity contribution < 1.29 is 4.42 Å². The maximum absolute atomic E-state index is 5.46. The molecule has 1 aromatic heterocycles. The van der Waals surface area contributed by atoms with Crippen molar-refractivity contribution >= 4 is 11.1 Å². The zero-order valence-corrected chi connectivity index (χ0v) is 7.58. The fourth-order valence-electron chi connectivity index (χ4n) is 1.41. The molecule has 2 rings (SSSR count). The number of nitrogens with zero attached hydrogens (tertiary/aromatic N) is 1. The first-order chi connectivity index (χ1) is 6.29. The maximum atomic E-state index is 5.46. The van der Waals surface area contributed by atoms with Crippen LogP contribution in [0.1, 0.15) is 11.5 Å². The average molecular weight is 176 g/mol. The molecule has 0 aliphatic rings. The van der Waals surface area contributed by atoms with Gasteiger partial charge in [-0.25, -0.2) is 4.98 Å². The maximum Gasteiger partial charge on any atom is 0.192 e. The Morgan fingerprint density at radius 2 is 2.31 bits per heavy atom. The molecule has 0 atom stereocenters. The number of nitrogens with two attached hydrogens (primary N) is 1. The number of oxazole rings is 1. The van der Waals surface area contributed by atoms with E-state index in [1.165, 1.54) is 5.56 Å². The van der Waals surface area contributed by atoms with Gasteiger partial charge in [-0.2, -0.15) is 0 Å². The molecule has 0 unspecified atom stereocenters. The molecule has 2 N–H and O–H groups in total. The highest BCUT2D eigenvalue weighted by Gasteiger charge is 2.01. The SMILES string of the molecule is Cc1nc2ccc(CCN)cc2o1. The van der Waals surface area contributed by atoms with Crippen LogP contribution >= 0.6 is 0 Å². The average Bonchev–Trinajstić information content (AvgIpc) is 2.44. The third-order valence-electron chi connectivity index (χ3n) is 1.99. The second-order valence-corrected chi connectivity index (χ2v) is 3.07. The molecule has 3 nitrogen and oxygen atoms in total. The van der Waals surface area contributed by atoms with E-state index in [9.17, 15) is 0 Å². The summed E-state index contributed by atoms with van der Waals surface area (Å²) in [5, 5.41) is 0. The zero-order chi connectivity index (χ0) is 9.26. The highest BCUT2D eigenvalue weighted by atomic mass is 16.3. The smallest absolute Gasteiger partial charge is 0.192 e. The van der Waals surface area contributed by atoms with Crippen LogP contribution in [0.15, 0.2) is 22.6 Å². The summed E-state index contributed by atoms with van der Waals surface area (Å²) >= 11 is 0. The van der Waals surface area contributed by atoms with Crippen molar-refractivity contribution in [3.05, 3.63) is 29.7 Å². The van der Waals surface area contributed by atoms with Gasteiger partial charge in [0.1, 0.15) is 5.52 Å². The summed E-state index contributed by atoms with van der Waals surface area (Å²) in [6, 6.07) is 6.01. The number of hydrogen-bond acceptors (Lipinski definition) is 3. The van der Waals surface area contributed by atoms with Crippen molar-refractivity contribution in [1.82, 2.24) is 4.98 Å². The van der Waals surface area contributed by atoms with Gasteiger partial charge < -0.3 is 10.2 Å². The fraction of sp³-hybridized carbons (Fsp3) is 0.300. The van der Waals surface area contributed by atoms with Gasteiger partial charge in [0.05, 0.1) is 0 Å². The van der Waals surface area contributed by atoms with Gasteiger partial charge in [-0.1, -0.05) is 6.07 Å². The van der Waals surface area contributed by atoms with Crippen LogP contribution in [0.25, 0.3) is 11.1 Å². The minimum absolute atomic E-state index is 0.665. The third-order valence-corrected chi connectivity index (χ3v) is 1.99. The molecule has 0 spiro atoms. The van der Waals surface area contributed by atoms with E-state index >= 15 is 0 Å². The van der Waals surface area contributed by atoms with E-state index in [-0.39, 0.29) is 0 Å². The molecule has 0 radical (unpaired) electrons. The molecule has 1 aromatic carbocycles. The summed E-state index contributed by atoms with van der Waals surface area (Å²) in [4.78, 5) is 4.22. The number of fused-ring (bicyclic) bond motifs is 1. The lowest BCUT2D eigenvalue weighted by atomic mass is 10.1. The summed E-state index contributed by atoms with van der Waals surface area (Å²) in [6.07, 6.45) is 0.885. The van der Waals surface area contributed by atoms with E-state index < -0.39 is 0 Å². The Bertz CT molecular complexity index is 420. The molecule has 3 heteroatoms. The molecular weight excluding hydrogens is 164 g/mol. The van der Waals surface area contributed by atoms with E-state index in [1.54, 1.807) is 0 Å². The van der Waals surface area contributed by atoms with Crippen LogP contribution in [0.4, 0.5) is 0 Å². The van der Waals surface area contributed by atoms with Crippen LogP contribution in [0, 0.1) is 6.92 Å². The molecule has 68 valence electrons. The Morgan fingerprint density at radius 3 is 3.08 bits per heavy atom. The topological polar surface area (TPSA) is 52.0 Å². The number of rotatable bonds is 2. The van der Waals surface area contributed by atoms with E-state index in [2.05, 4.69) is 4.98 Å². The van der Waals surface area contributed by atoms with Gasteiger partial charge in [0.2, 0.25) is 0 Å². The number of benzene rings is 1. The number of aryl methyl sites for hydroxylation is 1. The molecule has 0 fully saturated rings. The molecule has 13 heavy (non-hydrogen) atoms. The minimum Gasteiger partial charge on any atom is -0.441 e. The fourth-order valence-corrected chi connectivity index (χ4v) is 1.41. The van der Waals surface area contributed by atoms with Crippen molar-refractivity contribution in [2.45, 2.75) is 13.3 Å². The highest BCUT2D eigenvalue weighted by molar-refractivity contribution is 5.73. The molecule has 2 aromatic rings. The molecule has 0 saturated carbocycles. The quantitative estimate of drug-likeness (QED) is 0.756. The van der Waals surface area contributed by atoms with Gasteiger partial charge in [0, 0.05) is 6.92 Å². The van der Waals surface area contributed by atoms with Gasteiger partial charge in [0.15, 0.2) is 11.5 Å². The van der Waals surface area contributed by atoms with Crippen LogP contribution in [-0.4, -0.2) is 11.5 Å². The molecule has 1 heterocycles. The summed E-state index contributed by atoms with van der Waals surface area (Å²) in [6.45, 7) is 2.52. The van der Waals surface area contributed by atoms with Crippen molar-refractivity contribution in [2.24, 2.45) is 5.73 Å². The zero-order valence-electron chi connectivity index (χ0n) is 7.58. The Hall–Kier alpha value is -1.35. The van der Waals surface area contributed by atoms with Gasteiger partial charge in [-0.05, 0) is 30.7 Å². The van der Waals surface area contributed by atoms with Gasteiger partial charge in [-0.15, -0.1) is 0 Å². The van der Waals surface area contributed by atoms with Gasteiger partial charge in [0.25, 0.3) is 0 Å². The van der Waals surface area contributed by atoms with Crippen LogP contribution in [-0.2, 0) is 6.42 Å². The van der Waals surface area contributed by atoms with E-state index in [4.69, 9.17) is 10.2 Å². The monoisotopic (exact) mass is 176 g/mol. The minimum atomic E-state index is 0.665. The Morgan fingerprint density at radius 1 is 1.46 bits per heavy atom. The van der Waals surface area contributed by atoms with Crippen LogP contribution in [0.2, 0.25) is 0 Å². The molecule has 0 bridgehead atoms. The summed E-state index contributed by atoms with van der Waals surface area (Å²) in [5.41, 5.74) is 8.43. The summed E-state index contributed by atoms with van der Waals surface area (Å²) in [7, 11) is 0. The van der Waals surface area contributed by atoms with Crippen molar-refractivity contribution in [1.29, 1.82) is 0 Å². The first-order valence-corrected chi connectivity index (χ1v) is 4.36. The first-order valence-electron chi connectivity index (χ1n) is 4.36. The molecule has 0 aliphatic carbocycles. The number of hydrogen-bond donors (Lipinski definition) is 1. The van der Waals surface area contributed by atoms with Crippen molar-refractivity contribution in [2.75, 3.05) is 6.54 Å². The second kappa shape index (κ2) is 3.18. The lowest BCUT2D eigenvalue weighted by molar-refractivity contribution is 0.560. The van der Waals surface area contributed by atoms with Crippen molar-refractivity contribution in [3.8, 4) is 0 Å². The molecular formula is C10H12N2O. The van der Waals surface area contributed by atoms with Crippen LogP contribution in [0.3, 0.4) is 0 Å². The molecule has 0 aliphatic heterocycles. The largest absolute Gasteiger partial charge is 0.441 e. The van der Waals surface area contributed by atoms with Gasteiger partial charge in [-0.3, -0.25) is 0 Å². The van der Waals surface area contributed by atoms with E-state index in [1.807, 2.05) is 25.1 Å². The van der Waals surface area contributed by atoms with E-state index in [0.29, 0.717) is 12.4 Å². The Kier molecular flexibility index (Phi) is 2.02. The van der Waals surface area contributed by atoms with Crippen LogP contribution in [0.5, 0.6) is 0 Å². The second-order valence-electron chi connectivity index (χ2n) is 3.07. The summed E-state index contributed by atoms with van der Waals surface area (Å²) in [5.74, 6) is 0.708. The predicted molar refractivity (Wildman–Crippen MR) is 51.5 cm³/mol. The van der Waals surface area contributed by atoms with Gasteiger partial charge >= 0.3 is 0 Å². The highest BCUT2D eigenvalue weighted by Crippen LogP contribution is 2.16. The Labute approximate surface area is 76.6 Å². The third kappa shape index (κ3) is 1.55. The number of aromatic nitrogens is 1.